The summed E-state index contributed by atoms with van der Waals surface area (Å²) in [7, 11) is -3.59. The summed E-state index contributed by atoms with van der Waals surface area (Å²) in [6, 6.07) is 6.31. The molecule has 0 bridgehead atoms. The molecule has 0 aliphatic carbocycles. The minimum absolute atomic E-state index is 0.0316. The molecule has 9 heteroatoms. The molecule has 0 radical (unpaired) electrons. The highest BCUT2D eigenvalue weighted by atomic mass is 32.2. The lowest BCUT2D eigenvalue weighted by atomic mass is 9.98. The Morgan fingerprint density at radius 3 is 2.41 bits per heavy atom. The molecule has 6 nitrogen and oxygen atoms in total. The van der Waals surface area contributed by atoms with Gasteiger partial charge in [-0.05, 0) is 43.0 Å². The zero-order chi connectivity index (χ0) is 19.4. The second-order valence-corrected chi connectivity index (χ2v) is 8.28. The van der Waals surface area contributed by atoms with Gasteiger partial charge < -0.3 is 5.32 Å². The number of aromatic nitrogens is 1. The van der Waals surface area contributed by atoms with Crippen LogP contribution in [0.5, 0.6) is 0 Å². The molecule has 0 spiro atoms. The van der Waals surface area contributed by atoms with Gasteiger partial charge in [0, 0.05) is 32.0 Å². The number of amides is 1. The Kier molecular flexibility index (Phi) is 5.81. The second-order valence-electron chi connectivity index (χ2n) is 6.34. The van der Waals surface area contributed by atoms with Crippen molar-refractivity contribution < 1.29 is 22.0 Å². The quantitative estimate of drug-likeness (QED) is 0.842. The Morgan fingerprint density at radius 2 is 1.81 bits per heavy atom. The number of rotatable bonds is 5. The highest BCUT2D eigenvalue weighted by Gasteiger charge is 2.30. The molecule has 0 atom stereocenters. The fourth-order valence-electron chi connectivity index (χ4n) is 3.04. The summed E-state index contributed by atoms with van der Waals surface area (Å²) in [4.78, 5) is 16.0. The fraction of sp³-hybridized carbons (Fsp3) is 0.333. The Bertz CT molecular complexity index is 894. The number of hydrogen-bond acceptors (Lipinski definition) is 4. The van der Waals surface area contributed by atoms with Crippen LogP contribution >= 0.6 is 0 Å². The molecule has 1 aromatic carbocycles. The first-order valence-corrected chi connectivity index (χ1v) is 9.96. The molecule has 27 heavy (non-hydrogen) atoms. The van der Waals surface area contributed by atoms with Crippen molar-refractivity contribution in [1.29, 1.82) is 0 Å². The first-order valence-electron chi connectivity index (χ1n) is 8.52. The van der Waals surface area contributed by atoms with Gasteiger partial charge in [0.15, 0.2) is 0 Å². The van der Waals surface area contributed by atoms with Gasteiger partial charge in [-0.25, -0.2) is 17.2 Å². The van der Waals surface area contributed by atoms with Crippen molar-refractivity contribution in [3.63, 3.8) is 0 Å². The van der Waals surface area contributed by atoms with E-state index in [0.717, 1.165) is 12.1 Å². The maximum absolute atomic E-state index is 13.6. The number of piperidine rings is 1. The van der Waals surface area contributed by atoms with Gasteiger partial charge >= 0.3 is 0 Å². The van der Waals surface area contributed by atoms with Crippen molar-refractivity contribution in [3.05, 3.63) is 59.9 Å². The molecular weight excluding hydrogens is 376 g/mol. The number of halogens is 2. The van der Waals surface area contributed by atoms with E-state index in [1.807, 2.05) is 0 Å². The van der Waals surface area contributed by atoms with Gasteiger partial charge in [-0.1, -0.05) is 6.07 Å². The molecule has 0 saturated carbocycles. The van der Waals surface area contributed by atoms with Gasteiger partial charge in [-0.2, -0.15) is 4.31 Å². The molecule has 1 aromatic heterocycles. The van der Waals surface area contributed by atoms with Crippen LogP contribution in [0.3, 0.4) is 0 Å². The largest absolute Gasteiger partial charge is 0.352 e. The molecule has 1 fully saturated rings. The minimum Gasteiger partial charge on any atom is -0.352 e. The van der Waals surface area contributed by atoms with Gasteiger partial charge in [0.25, 0.3) is 5.91 Å². The SMILES string of the molecule is O=C(NCC1CCN(S(=O)(=O)c2cccnc2)CC1)c1c(F)cccc1F. The topological polar surface area (TPSA) is 79.4 Å². The van der Waals surface area contributed by atoms with Crippen LogP contribution in [0.1, 0.15) is 23.2 Å². The zero-order valence-corrected chi connectivity index (χ0v) is 15.3. The maximum Gasteiger partial charge on any atom is 0.257 e. The van der Waals surface area contributed by atoms with Crippen molar-refractivity contribution in [3.8, 4) is 0 Å². The molecule has 1 aliphatic rings. The smallest absolute Gasteiger partial charge is 0.257 e. The van der Waals surface area contributed by atoms with E-state index in [-0.39, 0.29) is 17.4 Å². The minimum atomic E-state index is -3.59. The number of nitrogens with one attached hydrogen (secondary N) is 1. The van der Waals surface area contributed by atoms with E-state index in [0.29, 0.717) is 25.9 Å². The highest BCUT2D eigenvalue weighted by molar-refractivity contribution is 7.89. The van der Waals surface area contributed by atoms with Gasteiger partial charge in [-0.15, -0.1) is 0 Å². The Balaban J connectivity index is 1.55. The molecule has 0 unspecified atom stereocenters. The Hall–Kier alpha value is -2.39. The first-order chi connectivity index (χ1) is 12.9. The lowest BCUT2D eigenvalue weighted by Gasteiger charge is -2.31. The molecule has 3 rings (SSSR count). The third kappa shape index (κ3) is 4.30. The average molecular weight is 395 g/mol. The molecule has 1 aliphatic heterocycles. The van der Waals surface area contributed by atoms with E-state index in [1.54, 1.807) is 6.07 Å². The number of carbonyl (C=O) groups is 1. The van der Waals surface area contributed by atoms with Crippen LogP contribution in [0, 0.1) is 17.6 Å². The molecule has 1 N–H and O–H groups in total. The van der Waals surface area contributed by atoms with E-state index < -0.39 is 33.1 Å². The van der Waals surface area contributed by atoms with E-state index in [4.69, 9.17) is 0 Å². The normalized spacial score (nSPS) is 16.2. The third-order valence-electron chi connectivity index (χ3n) is 4.59. The molecule has 2 heterocycles. The van der Waals surface area contributed by atoms with Gasteiger partial charge in [0.05, 0.1) is 0 Å². The molecule has 2 aromatic rings. The predicted octanol–water partition coefficient (Wildman–Crippen LogP) is 2.19. The first kappa shape index (κ1) is 19.4. The number of sulfonamides is 1. The third-order valence-corrected chi connectivity index (χ3v) is 6.47. The molecule has 1 saturated heterocycles. The summed E-state index contributed by atoms with van der Waals surface area (Å²) in [6.45, 7) is 0.852. The summed E-state index contributed by atoms with van der Waals surface area (Å²) < 4.78 is 53.8. The summed E-state index contributed by atoms with van der Waals surface area (Å²) in [6.07, 6.45) is 3.90. The summed E-state index contributed by atoms with van der Waals surface area (Å²) in [5.41, 5.74) is -0.603. The van der Waals surface area contributed by atoms with E-state index in [2.05, 4.69) is 10.3 Å². The van der Waals surface area contributed by atoms with Crippen LogP contribution in [0.4, 0.5) is 8.78 Å². The van der Waals surface area contributed by atoms with E-state index >= 15 is 0 Å². The summed E-state index contributed by atoms with van der Waals surface area (Å²) in [5, 5.41) is 2.54. The predicted molar refractivity (Wildman–Crippen MR) is 94.4 cm³/mol. The molecule has 1 amide bonds. The number of hydrogen-bond donors (Lipinski definition) is 1. The van der Waals surface area contributed by atoms with Crippen molar-refractivity contribution >= 4 is 15.9 Å². The molecular formula is C18H19F2N3O3S. The number of pyridine rings is 1. The maximum atomic E-state index is 13.6. The Labute approximate surface area is 156 Å². The van der Waals surface area contributed by atoms with Crippen molar-refractivity contribution in [2.45, 2.75) is 17.7 Å². The van der Waals surface area contributed by atoms with Crippen LogP contribution in [0.15, 0.2) is 47.6 Å². The lowest BCUT2D eigenvalue weighted by molar-refractivity contribution is 0.0933. The molecule has 144 valence electrons. The zero-order valence-electron chi connectivity index (χ0n) is 14.4. The van der Waals surface area contributed by atoms with Gasteiger partial charge in [0.2, 0.25) is 10.0 Å². The van der Waals surface area contributed by atoms with Crippen LogP contribution in [0.2, 0.25) is 0 Å². The van der Waals surface area contributed by atoms with Crippen LogP contribution in [-0.2, 0) is 10.0 Å². The number of nitrogens with zero attached hydrogens (tertiary/aromatic N) is 2. The van der Waals surface area contributed by atoms with Crippen LogP contribution in [0.25, 0.3) is 0 Å². The average Bonchev–Trinajstić information content (AvgIpc) is 2.67. The van der Waals surface area contributed by atoms with Crippen molar-refractivity contribution in [2.75, 3.05) is 19.6 Å². The van der Waals surface area contributed by atoms with Crippen molar-refractivity contribution in [1.82, 2.24) is 14.6 Å². The summed E-state index contributed by atoms with van der Waals surface area (Å²) in [5.74, 6) is -2.60. The standard InChI is InChI=1S/C18H19F2N3O3S/c19-15-4-1-5-16(20)17(15)18(24)22-11-13-6-9-23(10-7-13)27(25,26)14-3-2-8-21-12-14/h1-5,8,12-13H,6-7,9-11H2,(H,22,24). The van der Waals surface area contributed by atoms with Gasteiger partial charge in [0.1, 0.15) is 22.1 Å². The number of benzene rings is 1. The van der Waals surface area contributed by atoms with E-state index in [1.165, 1.54) is 28.8 Å². The lowest BCUT2D eigenvalue weighted by Crippen LogP contribution is -2.41. The van der Waals surface area contributed by atoms with Crippen LogP contribution in [-0.4, -0.2) is 43.2 Å². The highest BCUT2D eigenvalue weighted by Crippen LogP contribution is 2.23. The van der Waals surface area contributed by atoms with E-state index in [9.17, 15) is 22.0 Å². The second kappa shape index (κ2) is 8.10. The fourth-order valence-corrected chi connectivity index (χ4v) is 4.48. The summed E-state index contributed by atoms with van der Waals surface area (Å²) >= 11 is 0. The monoisotopic (exact) mass is 395 g/mol. The Morgan fingerprint density at radius 1 is 1.15 bits per heavy atom. The van der Waals surface area contributed by atoms with Crippen LogP contribution < -0.4 is 5.32 Å². The van der Waals surface area contributed by atoms with Gasteiger partial charge in [-0.3, -0.25) is 9.78 Å². The number of carbonyl (C=O) groups excluding carboxylic acids is 1. The van der Waals surface area contributed by atoms with Crippen molar-refractivity contribution in [2.24, 2.45) is 5.92 Å².